The third-order valence-electron chi connectivity index (χ3n) is 5.78. The molecule has 1 fully saturated rings. The van der Waals surface area contributed by atoms with Crippen LogP contribution in [0.5, 0.6) is 0 Å². The van der Waals surface area contributed by atoms with E-state index in [0.717, 1.165) is 0 Å². The molecule has 1 aromatic heterocycles. The lowest BCUT2D eigenvalue weighted by molar-refractivity contribution is 0.0203. The van der Waals surface area contributed by atoms with E-state index >= 15 is 0 Å². The molecule has 3 aromatic rings. The minimum Gasteiger partial charge on any atom is -0.444 e. The van der Waals surface area contributed by atoms with E-state index in [9.17, 15) is 14.0 Å². The predicted molar refractivity (Wildman–Crippen MR) is 138 cm³/mol. The summed E-state index contributed by atoms with van der Waals surface area (Å²) in [5.74, 6) is -0.805. The maximum atomic E-state index is 13.6. The first kappa shape index (κ1) is 26.0. The number of benzene rings is 2. The monoisotopic (exact) mass is 532 g/mol. The SMILES string of the molecule is CC(C)(C)OC(=O)N1CCC(c2c(C(=O)Nc3cc(Cl)cc(Cl)c3)cnn2-c2ccc(F)cc2)CC1. The number of hydrogen-bond acceptors (Lipinski definition) is 4. The average molecular weight is 533 g/mol. The molecule has 0 aliphatic carbocycles. The molecule has 7 nitrogen and oxygen atoms in total. The number of nitrogens with one attached hydrogen (secondary N) is 1. The minimum atomic E-state index is -0.580. The van der Waals surface area contributed by atoms with Gasteiger partial charge in [0.05, 0.1) is 23.1 Å². The van der Waals surface area contributed by atoms with Gasteiger partial charge in [0.1, 0.15) is 11.4 Å². The molecule has 0 radical (unpaired) electrons. The molecule has 0 spiro atoms. The van der Waals surface area contributed by atoms with Gasteiger partial charge in [-0.25, -0.2) is 13.9 Å². The first-order chi connectivity index (χ1) is 17.0. The Morgan fingerprint density at radius 3 is 2.25 bits per heavy atom. The van der Waals surface area contributed by atoms with Gasteiger partial charge in [-0.2, -0.15) is 5.10 Å². The second kappa shape index (κ2) is 10.5. The number of amides is 2. The molecule has 10 heteroatoms. The second-order valence-corrected chi connectivity index (χ2v) is 10.6. The zero-order valence-electron chi connectivity index (χ0n) is 20.2. The van der Waals surface area contributed by atoms with Gasteiger partial charge in [0.2, 0.25) is 0 Å². The Hall–Kier alpha value is -3.10. The lowest BCUT2D eigenvalue weighted by Crippen LogP contribution is -2.41. The van der Waals surface area contributed by atoms with Crippen LogP contribution in [-0.2, 0) is 4.74 Å². The fourth-order valence-corrected chi connectivity index (χ4v) is 4.73. The van der Waals surface area contributed by atoms with E-state index in [1.807, 2.05) is 20.8 Å². The Morgan fingerprint density at radius 1 is 1.06 bits per heavy atom. The summed E-state index contributed by atoms with van der Waals surface area (Å²) >= 11 is 12.2. The molecular weight excluding hydrogens is 506 g/mol. The van der Waals surface area contributed by atoms with E-state index in [4.69, 9.17) is 27.9 Å². The van der Waals surface area contributed by atoms with Crippen molar-refractivity contribution in [3.63, 3.8) is 0 Å². The van der Waals surface area contributed by atoms with Gasteiger partial charge < -0.3 is 15.0 Å². The number of piperidine rings is 1. The van der Waals surface area contributed by atoms with Crippen molar-refractivity contribution in [3.05, 3.63) is 75.8 Å². The van der Waals surface area contributed by atoms with Crippen molar-refractivity contribution in [1.82, 2.24) is 14.7 Å². The molecule has 4 rings (SSSR count). The van der Waals surface area contributed by atoms with Gasteiger partial charge >= 0.3 is 6.09 Å². The summed E-state index contributed by atoms with van der Waals surface area (Å²) < 4.78 is 20.7. The quantitative estimate of drug-likeness (QED) is 0.406. The van der Waals surface area contributed by atoms with Gasteiger partial charge in [0, 0.05) is 34.7 Å². The molecule has 0 atom stereocenters. The number of likely N-dealkylation sites (tertiary alicyclic amines) is 1. The number of anilines is 1. The molecule has 2 heterocycles. The van der Waals surface area contributed by atoms with E-state index < -0.39 is 5.60 Å². The van der Waals surface area contributed by atoms with Crippen molar-refractivity contribution in [3.8, 4) is 5.69 Å². The molecule has 1 saturated heterocycles. The van der Waals surface area contributed by atoms with Crippen LogP contribution in [0.25, 0.3) is 5.69 Å². The van der Waals surface area contributed by atoms with E-state index in [-0.39, 0.29) is 23.7 Å². The molecule has 2 amide bonds. The van der Waals surface area contributed by atoms with Crippen LogP contribution in [0, 0.1) is 5.82 Å². The Labute approximate surface area is 219 Å². The van der Waals surface area contributed by atoms with Crippen LogP contribution in [0.4, 0.5) is 14.9 Å². The average Bonchev–Trinajstić information content (AvgIpc) is 3.23. The standard InChI is InChI=1S/C26H27Cl2FN4O3/c1-26(2,3)36-25(35)32-10-8-16(9-11-32)23-22(15-30-33(23)21-6-4-19(29)5-7-21)24(34)31-20-13-17(27)12-18(28)14-20/h4-7,12-16H,8-11H2,1-3H3,(H,31,34). The van der Waals surface area contributed by atoms with Gasteiger partial charge in [0.25, 0.3) is 5.91 Å². The molecule has 190 valence electrons. The highest BCUT2D eigenvalue weighted by Crippen LogP contribution is 2.33. The maximum Gasteiger partial charge on any atom is 0.410 e. The molecule has 1 aliphatic rings. The molecule has 36 heavy (non-hydrogen) atoms. The van der Waals surface area contributed by atoms with Crippen molar-refractivity contribution in [1.29, 1.82) is 0 Å². The van der Waals surface area contributed by atoms with Crippen molar-refractivity contribution >= 4 is 40.9 Å². The van der Waals surface area contributed by atoms with Crippen LogP contribution in [0.1, 0.15) is 55.6 Å². The number of nitrogens with zero attached hydrogens (tertiary/aromatic N) is 3. The molecule has 0 saturated carbocycles. The topological polar surface area (TPSA) is 76.5 Å². The maximum absolute atomic E-state index is 13.6. The number of hydrogen-bond donors (Lipinski definition) is 1. The zero-order valence-corrected chi connectivity index (χ0v) is 21.7. The predicted octanol–water partition coefficient (Wildman–Crippen LogP) is 6.69. The Bertz CT molecular complexity index is 1240. The van der Waals surface area contributed by atoms with Crippen molar-refractivity contribution in [2.75, 3.05) is 18.4 Å². The number of rotatable bonds is 4. The normalized spacial score (nSPS) is 14.6. The van der Waals surface area contributed by atoms with Crippen LogP contribution in [0.2, 0.25) is 10.0 Å². The molecule has 0 bridgehead atoms. The highest BCUT2D eigenvalue weighted by atomic mass is 35.5. The van der Waals surface area contributed by atoms with Crippen molar-refractivity contribution in [2.45, 2.75) is 45.1 Å². The summed E-state index contributed by atoms with van der Waals surface area (Å²) in [7, 11) is 0. The van der Waals surface area contributed by atoms with Crippen molar-refractivity contribution < 1.29 is 18.7 Å². The van der Waals surface area contributed by atoms with E-state index in [1.165, 1.54) is 18.3 Å². The highest BCUT2D eigenvalue weighted by Gasteiger charge is 2.32. The first-order valence-corrected chi connectivity index (χ1v) is 12.3. The van der Waals surface area contributed by atoms with Crippen LogP contribution in [0.15, 0.2) is 48.7 Å². The van der Waals surface area contributed by atoms with Crippen LogP contribution in [-0.4, -0.2) is 45.4 Å². The van der Waals surface area contributed by atoms with Gasteiger partial charge in [-0.05, 0) is 76.1 Å². The lowest BCUT2D eigenvalue weighted by atomic mass is 9.90. The van der Waals surface area contributed by atoms with Crippen LogP contribution >= 0.6 is 23.2 Å². The minimum absolute atomic E-state index is 0.0695. The van der Waals surface area contributed by atoms with E-state index in [2.05, 4.69) is 10.4 Å². The van der Waals surface area contributed by atoms with E-state index in [0.29, 0.717) is 58.6 Å². The summed E-state index contributed by atoms with van der Waals surface area (Å²) in [4.78, 5) is 27.5. The summed E-state index contributed by atoms with van der Waals surface area (Å²) in [6.45, 7) is 6.43. The number of carbonyl (C=O) groups excluding carboxylic acids is 2. The third-order valence-corrected chi connectivity index (χ3v) is 6.21. The Balaban J connectivity index is 1.62. The van der Waals surface area contributed by atoms with Crippen molar-refractivity contribution in [2.24, 2.45) is 0 Å². The fraction of sp³-hybridized carbons (Fsp3) is 0.346. The molecular formula is C26H27Cl2FN4O3. The molecule has 1 aliphatic heterocycles. The molecule has 2 aromatic carbocycles. The van der Waals surface area contributed by atoms with Gasteiger partial charge in [0.15, 0.2) is 0 Å². The fourth-order valence-electron chi connectivity index (χ4n) is 4.20. The summed E-state index contributed by atoms with van der Waals surface area (Å²) in [5.41, 5.74) is 1.58. The smallest absolute Gasteiger partial charge is 0.410 e. The summed E-state index contributed by atoms with van der Waals surface area (Å²) in [5, 5.41) is 8.10. The van der Waals surface area contributed by atoms with Gasteiger partial charge in [-0.1, -0.05) is 23.2 Å². The largest absolute Gasteiger partial charge is 0.444 e. The number of carbonyl (C=O) groups is 2. The molecule has 0 unspecified atom stereocenters. The van der Waals surface area contributed by atoms with Gasteiger partial charge in [-0.3, -0.25) is 4.79 Å². The van der Waals surface area contributed by atoms with Gasteiger partial charge in [-0.15, -0.1) is 0 Å². The summed E-state index contributed by atoms with van der Waals surface area (Å²) in [6.07, 6.45) is 2.36. The molecule has 1 N–H and O–H groups in total. The number of ether oxygens (including phenoxy) is 1. The van der Waals surface area contributed by atoms with E-state index in [1.54, 1.807) is 39.9 Å². The zero-order chi connectivity index (χ0) is 26.0. The summed E-state index contributed by atoms with van der Waals surface area (Å²) in [6, 6.07) is 10.7. The number of aromatic nitrogens is 2. The van der Waals surface area contributed by atoms with Crippen LogP contribution in [0.3, 0.4) is 0 Å². The lowest BCUT2D eigenvalue weighted by Gasteiger charge is -2.34. The highest BCUT2D eigenvalue weighted by molar-refractivity contribution is 6.35. The second-order valence-electron chi connectivity index (χ2n) is 9.69. The van der Waals surface area contributed by atoms with Crippen LogP contribution < -0.4 is 5.32 Å². The first-order valence-electron chi connectivity index (χ1n) is 11.6. The Kier molecular flexibility index (Phi) is 7.57. The number of halogens is 3. The third kappa shape index (κ3) is 6.17. The Morgan fingerprint density at radius 2 is 1.67 bits per heavy atom.